The summed E-state index contributed by atoms with van der Waals surface area (Å²) in [5, 5.41) is 3.65. The molecule has 0 bridgehead atoms. The van der Waals surface area contributed by atoms with Gasteiger partial charge in [0.05, 0.1) is 6.61 Å². The van der Waals surface area contributed by atoms with Gasteiger partial charge in [-0.3, -0.25) is 4.90 Å². The molecule has 1 aliphatic rings. The Morgan fingerprint density at radius 2 is 2.00 bits per heavy atom. The normalized spacial score (nSPS) is 26.1. The summed E-state index contributed by atoms with van der Waals surface area (Å²) in [6.45, 7) is 18.5. The zero-order valence-corrected chi connectivity index (χ0v) is 12.5. The van der Waals surface area contributed by atoms with Crippen LogP contribution in [0.4, 0.5) is 0 Å². The van der Waals surface area contributed by atoms with Gasteiger partial charge in [0.25, 0.3) is 0 Å². The maximum Gasteiger partial charge on any atom is 0.0593 e. The highest BCUT2D eigenvalue weighted by Gasteiger charge is 2.37. The second-order valence-corrected chi connectivity index (χ2v) is 6.81. The molecule has 3 nitrogen and oxygen atoms in total. The van der Waals surface area contributed by atoms with Crippen LogP contribution in [0.3, 0.4) is 0 Å². The summed E-state index contributed by atoms with van der Waals surface area (Å²) >= 11 is 0. The molecule has 102 valence electrons. The molecule has 0 spiro atoms. The lowest BCUT2D eigenvalue weighted by molar-refractivity contribution is 0.0105. The van der Waals surface area contributed by atoms with Crippen molar-refractivity contribution in [3.05, 3.63) is 0 Å². The summed E-state index contributed by atoms with van der Waals surface area (Å²) in [5.41, 5.74) is 0.531. The van der Waals surface area contributed by atoms with Crippen molar-refractivity contribution in [3.63, 3.8) is 0 Å². The first-order valence-electron chi connectivity index (χ1n) is 6.83. The van der Waals surface area contributed by atoms with E-state index in [1.165, 1.54) is 0 Å². The molecule has 1 rings (SSSR count). The van der Waals surface area contributed by atoms with Gasteiger partial charge in [-0.05, 0) is 26.2 Å². The molecule has 1 saturated heterocycles. The zero-order valence-electron chi connectivity index (χ0n) is 12.5. The fourth-order valence-electron chi connectivity index (χ4n) is 2.59. The lowest BCUT2D eigenvalue weighted by Gasteiger charge is -2.49. The predicted molar refractivity (Wildman–Crippen MR) is 73.4 cm³/mol. The van der Waals surface area contributed by atoms with Gasteiger partial charge in [-0.25, -0.2) is 0 Å². The third kappa shape index (κ3) is 4.57. The van der Waals surface area contributed by atoms with E-state index in [1.807, 2.05) is 0 Å². The van der Waals surface area contributed by atoms with Crippen molar-refractivity contribution >= 4 is 0 Å². The Bertz CT molecular complexity index is 233. The summed E-state index contributed by atoms with van der Waals surface area (Å²) in [6, 6.07) is 0.594. The fourth-order valence-corrected chi connectivity index (χ4v) is 2.59. The minimum Gasteiger partial charge on any atom is -0.380 e. The summed E-state index contributed by atoms with van der Waals surface area (Å²) in [4.78, 5) is 2.59. The van der Waals surface area contributed by atoms with Crippen LogP contribution in [0.25, 0.3) is 0 Å². The SMILES string of the molecule is CCOCCN1CC(C)(C)NCC1C(C)(C)C. The predicted octanol–water partition coefficient (Wildman–Crippen LogP) is 2.12. The number of ether oxygens (including phenoxy) is 1. The third-order valence-electron chi connectivity index (χ3n) is 3.54. The Morgan fingerprint density at radius 3 is 2.53 bits per heavy atom. The van der Waals surface area contributed by atoms with Crippen molar-refractivity contribution in [1.29, 1.82) is 0 Å². The first kappa shape index (κ1) is 14.9. The second kappa shape index (κ2) is 5.68. The molecule has 1 heterocycles. The van der Waals surface area contributed by atoms with E-state index >= 15 is 0 Å². The van der Waals surface area contributed by atoms with Gasteiger partial charge in [0.15, 0.2) is 0 Å². The van der Waals surface area contributed by atoms with Crippen LogP contribution in [0.1, 0.15) is 41.5 Å². The largest absolute Gasteiger partial charge is 0.380 e. The number of rotatable bonds is 4. The van der Waals surface area contributed by atoms with Crippen molar-refractivity contribution < 1.29 is 4.74 Å². The maximum atomic E-state index is 5.50. The Morgan fingerprint density at radius 1 is 1.35 bits per heavy atom. The van der Waals surface area contributed by atoms with Crippen LogP contribution in [-0.4, -0.2) is 49.3 Å². The summed E-state index contributed by atoms with van der Waals surface area (Å²) in [5.74, 6) is 0. The van der Waals surface area contributed by atoms with Crippen LogP contribution in [0, 0.1) is 5.41 Å². The molecule has 1 fully saturated rings. The van der Waals surface area contributed by atoms with E-state index < -0.39 is 0 Å². The van der Waals surface area contributed by atoms with E-state index in [4.69, 9.17) is 4.74 Å². The molecule has 0 aromatic carbocycles. The zero-order chi connectivity index (χ0) is 13.1. The maximum absolute atomic E-state index is 5.50. The molecule has 1 N–H and O–H groups in total. The quantitative estimate of drug-likeness (QED) is 0.764. The number of piperazine rings is 1. The summed E-state index contributed by atoms with van der Waals surface area (Å²) < 4.78 is 5.50. The second-order valence-electron chi connectivity index (χ2n) is 6.81. The smallest absolute Gasteiger partial charge is 0.0593 e. The first-order valence-corrected chi connectivity index (χ1v) is 6.83. The molecule has 1 atom stereocenters. The fraction of sp³-hybridized carbons (Fsp3) is 1.00. The monoisotopic (exact) mass is 242 g/mol. The minimum atomic E-state index is 0.216. The van der Waals surface area contributed by atoms with Crippen LogP contribution in [0.5, 0.6) is 0 Å². The molecule has 0 amide bonds. The highest BCUT2D eigenvalue weighted by molar-refractivity contribution is 4.96. The van der Waals surface area contributed by atoms with Gasteiger partial charge in [-0.1, -0.05) is 20.8 Å². The molecule has 0 saturated carbocycles. The Labute approximate surface area is 107 Å². The molecule has 0 aliphatic carbocycles. The van der Waals surface area contributed by atoms with Gasteiger partial charge in [0, 0.05) is 37.8 Å². The highest BCUT2D eigenvalue weighted by atomic mass is 16.5. The minimum absolute atomic E-state index is 0.216. The molecular weight excluding hydrogens is 212 g/mol. The number of hydrogen-bond acceptors (Lipinski definition) is 3. The lowest BCUT2D eigenvalue weighted by atomic mass is 9.82. The molecular formula is C14H30N2O. The molecule has 0 aromatic heterocycles. The molecule has 3 heteroatoms. The average molecular weight is 242 g/mol. The van der Waals surface area contributed by atoms with Crippen molar-refractivity contribution in [3.8, 4) is 0 Å². The Kier molecular flexibility index (Phi) is 4.99. The van der Waals surface area contributed by atoms with Crippen LogP contribution in [0.15, 0.2) is 0 Å². The van der Waals surface area contributed by atoms with Crippen molar-refractivity contribution in [2.45, 2.75) is 53.1 Å². The van der Waals surface area contributed by atoms with E-state index in [-0.39, 0.29) is 5.54 Å². The third-order valence-corrected chi connectivity index (χ3v) is 3.54. The van der Waals surface area contributed by atoms with Gasteiger partial charge >= 0.3 is 0 Å². The Hall–Kier alpha value is -0.120. The van der Waals surface area contributed by atoms with Crippen LogP contribution in [-0.2, 0) is 4.74 Å². The van der Waals surface area contributed by atoms with E-state index in [0.29, 0.717) is 11.5 Å². The van der Waals surface area contributed by atoms with Gasteiger partial charge in [-0.15, -0.1) is 0 Å². The van der Waals surface area contributed by atoms with Crippen LogP contribution in [0.2, 0.25) is 0 Å². The number of nitrogens with one attached hydrogen (secondary N) is 1. The highest BCUT2D eigenvalue weighted by Crippen LogP contribution is 2.28. The van der Waals surface area contributed by atoms with Gasteiger partial charge in [0.1, 0.15) is 0 Å². The average Bonchev–Trinajstić information content (AvgIpc) is 2.14. The Balaban J connectivity index is 2.62. The van der Waals surface area contributed by atoms with Crippen molar-refractivity contribution in [1.82, 2.24) is 10.2 Å². The van der Waals surface area contributed by atoms with Crippen molar-refractivity contribution in [2.24, 2.45) is 5.41 Å². The summed E-state index contributed by atoms with van der Waals surface area (Å²) in [6.07, 6.45) is 0. The van der Waals surface area contributed by atoms with E-state index in [9.17, 15) is 0 Å². The molecule has 0 aromatic rings. The van der Waals surface area contributed by atoms with Gasteiger partial charge in [0.2, 0.25) is 0 Å². The standard InChI is InChI=1S/C14H30N2O/c1-7-17-9-8-16-11-14(5,6)15-10-12(16)13(2,3)4/h12,15H,7-11H2,1-6H3. The number of hydrogen-bond donors (Lipinski definition) is 1. The number of nitrogens with zero attached hydrogens (tertiary/aromatic N) is 1. The van der Waals surface area contributed by atoms with E-state index in [1.54, 1.807) is 0 Å². The van der Waals surface area contributed by atoms with Gasteiger partial charge < -0.3 is 10.1 Å². The van der Waals surface area contributed by atoms with E-state index in [2.05, 4.69) is 51.8 Å². The van der Waals surface area contributed by atoms with Crippen LogP contribution < -0.4 is 5.32 Å². The van der Waals surface area contributed by atoms with Crippen molar-refractivity contribution in [2.75, 3.05) is 32.8 Å². The molecule has 0 radical (unpaired) electrons. The molecule has 1 unspecified atom stereocenters. The summed E-state index contributed by atoms with van der Waals surface area (Å²) in [7, 11) is 0. The molecule has 1 aliphatic heterocycles. The van der Waals surface area contributed by atoms with Crippen LogP contribution >= 0.6 is 0 Å². The van der Waals surface area contributed by atoms with E-state index in [0.717, 1.165) is 32.8 Å². The lowest BCUT2D eigenvalue weighted by Crippen LogP contribution is -2.65. The topological polar surface area (TPSA) is 24.5 Å². The van der Waals surface area contributed by atoms with Gasteiger partial charge in [-0.2, -0.15) is 0 Å². The first-order chi connectivity index (χ1) is 7.76. The molecule has 17 heavy (non-hydrogen) atoms.